The predicted octanol–water partition coefficient (Wildman–Crippen LogP) is 12.4. The van der Waals surface area contributed by atoms with Crippen molar-refractivity contribution in [3.05, 3.63) is 249 Å². The summed E-state index contributed by atoms with van der Waals surface area (Å²) in [6, 6.07) is 92.3. The van der Waals surface area contributed by atoms with Gasteiger partial charge < -0.3 is 13.7 Å². The van der Waals surface area contributed by atoms with E-state index in [0.29, 0.717) is 0 Å². The van der Waals surface area contributed by atoms with Crippen molar-refractivity contribution in [1.29, 1.82) is 0 Å². The Labute approximate surface area is 372 Å². The minimum atomic E-state index is -2.95. The van der Waals surface area contributed by atoms with Crippen LogP contribution < -0.4 is 20.7 Å². The van der Waals surface area contributed by atoms with Gasteiger partial charge in [-0.25, -0.2) is 0 Å². The standard InChI is InChI=1S/C60H41N3Si/c1-5-19-42(20-6-1)61-55-30-16-13-27-49(55)52-38-37-48(41-58(52)61)64(45-23-9-3-10-24-45,46-25-11-4-12-26-46)47-35-33-44(34-36-47)63-57-32-18-15-29-51(57)54-40-39-53-50-28-14-17-31-56(50)62(59(53)60(54)63)43-21-7-2-8-22-43/h1-41H. The summed E-state index contributed by atoms with van der Waals surface area (Å²) in [5, 5.41) is 12.9. The van der Waals surface area contributed by atoms with Crippen molar-refractivity contribution >= 4 is 94.2 Å². The zero-order chi connectivity index (χ0) is 42.2. The molecule has 0 amide bonds. The highest BCUT2D eigenvalue weighted by Gasteiger charge is 2.42. The number of para-hydroxylation sites is 5. The first-order valence-corrected chi connectivity index (χ1v) is 24.1. The van der Waals surface area contributed by atoms with Gasteiger partial charge in [-0.3, -0.25) is 0 Å². The van der Waals surface area contributed by atoms with Gasteiger partial charge in [0.25, 0.3) is 0 Å². The van der Waals surface area contributed by atoms with Crippen molar-refractivity contribution in [3.63, 3.8) is 0 Å². The second-order valence-corrected chi connectivity index (χ2v) is 20.7. The van der Waals surface area contributed by atoms with E-state index in [9.17, 15) is 0 Å². The fourth-order valence-electron chi connectivity index (χ4n) is 10.9. The van der Waals surface area contributed by atoms with Crippen LogP contribution in [0.3, 0.4) is 0 Å². The monoisotopic (exact) mass is 831 g/mol. The highest BCUT2D eigenvalue weighted by atomic mass is 28.3. The molecule has 13 rings (SSSR count). The largest absolute Gasteiger partial charge is 0.309 e. The number of aromatic nitrogens is 3. The summed E-state index contributed by atoms with van der Waals surface area (Å²) in [5.74, 6) is 0. The maximum absolute atomic E-state index is 2.95. The first kappa shape index (κ1) is 36.5. The van der Waals surface area contributed by atoms with E-state index >= 15 is 0 Å². The summed E-state index contributed by atoms with van der Waals surface area (Å²) >= 11 is 0. The average Bonchev–Trinajstić information content (AvgIpc) is 4.01. The van der Waals surface area contributed by atoms with E-state index in [-0.39, 0.29) is 0 Å². The zero-order valence-corrected chi connectivity index (χ0v) is 36.0. The normalized spacial score (nSPS) is 12.1. The number of hydrogen-bond donors (Lipinski definition) is 0. The third-order valence-corrected chi connectivity index (χ3v) is 18.4. The zero-order valence-electron chi connectivity index (χ0n) is 35.0. The molecular formula is C60H41N3Si. The fourth-order valence-corrected chi connectivity index (χ4v) is 15.6. The van der Waals surface area contributed by atoms with Crippen molar-refractivity contribution in [2.75, 3.05) is 0 Å². The molecule has 300 valence electrons. The fraction of sp³-hybridized carbons (Fsp3) is 0. The summed E-state index contributed by atoms with van der Waals surface area (Å²) in [7, 11) is -2.95. The Morgan fingerprint density at radius 3 is 1.05 bits per heavy atom. The maximum Gasteiger partial charge on any atom is 0.179 e. The number of fused-ring (bicyclic) bond motifs is 10. The summed E-state index contributed by atoms with van der Waals surface area (Å²) in [6.07, 6.45) is 0. The van der Waals surface area contributed by atoms with Gasteiger partial charge in [0.1, 0.15) is 0 Å². The summed E-state index contributed by atoms with van der Waals surface area (Å²) in [4.78, 5) is 0. The van der Waals surface area contributed by atoms with Crippen LogP contribution in [0, 0.1) is 0 Å². The Kier molecular flexibility index (Phi) is 8.23. The molecule has 0 fully saturated rings. The molecule has 0 atom stereocenters. The summed E-state index contributed by atoms with van der Waals surface area (Å²) in [6.45, 7) is 0. The van der Waals surface area contributed by atoms with Gasteiger partial charge in [-0.2, -0.15) is 0 Å². The highest BCUT2D eigenvalue weighted by molar-refractivity contribution is 7.20. The lowest BCUT2D eigenvalue weighted by Crippen LogP contribution is -2.74. The van der Waals surface area contributed by atoms with Crippen LogP contribution in [0.2, 0.25) is 0 Å². The molecule has 0 aliphatic carbocycles. The van der Waals surface area contributed by atoms with E-state index in [1.54, 1.807) is 0 Å². The molecule has 3 nitrogen and oxygen atoms in total. The molecule has 0 saturated heterocycles. The minimum absolute atomic E-state index is 1.14. The Hall–Kier alpha value is -8.18. The van der Waals surface area contributed by atoms with Crippen molar-refractivity contribution in [2.24, 2.45) is 0 Å². The first-order valence-electron chi connectivity index (χ1n) is 22.1. The van der Waals surface area contributed by atoms with Crippen molar-refractivity contribution in [3.8, 4) is 17.1 Å². The predicted molar refractivity (Wildman–Crippen MR) is 273 cm³/mol. The molecule has 13 aromatic rings. The van der Waals surface area contributed by atoms with Crippen LogP contribution in [0.5, 0.6) is 0 Å². The lowest BCUT2D eigenvalue weighted by Gasteiger charge is -2.34. The Balaban J connectivity index is 1.10. The van der Waals surface area contributed by atoms with Crippen LogP contribution >= 0.6 is 0 Å². The van der Waals surface area contributed by atoms with Crippen molar-refractivity contribution in [2.45, 2.75) is 0 Å². The van der Waals surface area contributed by atoms with Gasteiger partial charge in [-0.1, -0.05) is 188 Å². The Morgan fingerprint density at radius 1 is 0.219 bits per heavy atom. The van der Waals surface area contributed by atoms with Gasteiger partial charge in [0.05, 0.1) is 33.1 Å². The van der Waals surface area contributed by atoms with Crippen LogP contribution in [-0.4, -0.2) is 21.8 Å². The maximum atomic E-state index is 2.51. The van der Waals surface area contributed by atoms with Gasteiger partial charge >= 0.3 is 0 Å². The van der Waals surface area contributed by atoms with Gasteiger partial charge in [0.2, 0.25) is 0 Å². The quantitative estimate of drug-likeness (QED) is 0.112. The number of rotatable bonds is 7. The summed E-state index contributed by atoms with van der Waals surface area (Å²) < 4.78 is 7.42. The van der Waals surface area contributed by atoms with E-state index < -0.39 is 8.07 Å². The van der Waals surface area contributed by atoms with Gasteiger partial charge in [0.15, 0.2) is 8.07 Å². The van der Waals surface area contributed by atoms with Crippen molar-refractivity contribution < 1.29 is 0 Å². The van der Waals surface area contributed by atoms with E-state index in [0.717, 1.165) is 17.1 Å². The molecule has 0 spiro atoms. The highest BCUT2D eigenvalue weighted by Crippen LogP contribution is 2.41. The third kappa shape index (κ3) is 5.27. The van der Waals surface area contributed by atoms with Gasteiger partial charge in [-0.05, 0) is 81.4 Å². The molecule has 64 heavy (non-hydrogen) atoms. The molecule has 0 aliphatic heterocycles. The number of nitrogens with zero attached hydrogens (tertiary/aromatic N) is 3. The Bertz CT molecular complexity index is 3830. The molecule has 3 heterocycles. The van der Waals surface area contributed by atoms with Crippen LogP contribution in [-0.2, 0) is 0 Å². The summed E-state index contributed by atoms with van der Waals surface area (Å²) in [5.41, 5.74) is 10.7. The molecule has 0 aliphatic rings. The molecular weight excluding hydrogens is 791 g/mol. The van der Waals surface area contributed by atoms with E-state index in [4.69, 9.17) is 0 Å². The molecule has 10 aromatic carbocycles. The van der Waals surface area contributed by atoms with E-state index in [1.165, 1.54) is 86.2 Å². The molecule has 4 heteroatoms. The van der Waals surface area contributed by atoms with E-state index in [2.05, 4.69) is 262 Å². The molecule has 0 N–H and O–H groups in total. The topological polar surface area (TPSA) is 14.8 Å². The SMILES string of the molecule is c1ccc(-n2c3ccccc3c3ccc([Si](c4ccccc4)(c4ccccc4)c4ccc(-n5c6ccccc6c6ccc7c8ccccc8n(-c8ccccc8)c7c65)cc4)cc32)cc1. The lowest BCUT2D eigenvalue weighted by atomic mass is 10.1. The minimum Gasteiger partial charge on any atom is -0.309 e. The van der Waals surface area contributed by atoms with Gasteiger partial charge in [-0.15, -0.1) is 0 Å². The van der Waals surface area contributed by atoms with Crippen LogP contribution in [0.25, 0.3) is 82.5 Å². The van der Waals surface area contributed by atoms with E-state index in [1.807, 2.05) is 0 Å². The lowest BCUT2D eigenvalue weighted by molar-refractivity contribution is 1.15. The second-order valence-electron chi connectivity index (χ2n) is 16.8. The molecule has 0 saturated carbocycles. The van der Waals surface area contributed by atoms with Crippen LogP contribution in [0.4, 0.5) is 0 Å². The second kappa shape index (κ2) is 14.5. The molecule has 3 aromatic heterocycles. The smallest absolute Gasteiger partial charge is 0.179 e. The van der Waals surface area contributed by atoms with Crippen molar-refractivity contribution in [1.82, 2.24) is 13.7 Å². The molecule has 0 radical (unpaired) electrons. The number of benzene rings is 10. The van der Waals surface area contributed by atoms with Crippen LogP contribution in [0.15, 0.2) is 249 Å². The molecule has 0 unspecified atom stereocenters. The Morgan fingerprint density at radius 2 is 0.547 bits per heavy atom. The average molecular weight is 832 g/mol. The third-order valence-electron chi connectivity index (χ3n) is 13.6. The number of hydrogen-bond acceptors (Lipinski definition) is 0. The van der Waals surface area contributed by atoms with Gasteiger partial charge in [0, 0.05) is 49.4 Å². The molecule has 0 bridgehead atoms. The first-order chi connectivity index (χ1) is 31.8. The van der Waals surface area contributed by atoms with Crippen LogP contribution in [0.1, 0.15) is 0 Å².